The fourth-order valence-electron chi connectivity index (χ4n) is 3.23. The van der Waals surface area contributed by atoms with E-state index in [1.807, 2.05) is 0 Å². The lowest BCUT2D eigenvalue weighted by atomic mass is 10.1. The molecule has 7 nitrogen and oxygen atoms in total. The molecule has 2 aromatic rings. The lowest BCUT2D eigenvalue weighted by Crippen LogP contribution is -2.42. The number of ketones is 1. The first-order chi connectivity index (χ1) is 16.4. The van der Waals surface area contributed by atoms with Crippen LogP contribution in [0.4, 0.5) is 9.18 Å². The van der Waals surface area contributed by atoms with Crippen molar-refractivity contribution < 1.29 is 23.1 Å². The van der Waals surface area contributed by atoms with Crippen molar-refractivity contribution in [3.63, 3.8) is 0 Å². The van der Waals surface area contributed by atoms with Crippen LogP contribution in [0.25, 0.3) is 11.3 Å². The van der Waals surface area contributed by atoms with Gasteiger partial charge in [-0.05, 0) is 69.6 Å². The number of halogens is 2. The predicted octanol–water partition coefficient (Wildman–Crippen LogP) is 7.02. The number of aromatic nitrogens is 2. The van der Waals surface area contributed by atoms with E-state index in [9.17, 15) is 14.0 Å². The van der Waals surface area contributed by atoms with Crippen molar-refractivity contribution in [1.82, 2.24) is 15.1 Å². The molecule has 1 aromatic heterocycles. The number of benzene rings is 1. The standard InChI is InChI=1S/C26H39ClFN3O4Si/c1-17(32)23-15-22(18-10-11-21(28)20(27)14-18)30-31(23)19(16-29-24(33)35-25(2,3)4)12-13-34-36(8,9)26(5,6)7/h10-11,14-15,19H,12-13,16H2,1-9H3,(H,29,33). The van der Waals surface area contributed by atoms with Gasteiger partial charge in [-0.3, -0.25) is 9.48 Å². The number of Topliss-reactive ketones (excluding diaryl/α,β-unsaturated/α-hetero) is 1. The number of alkyl carbamates (subject to hydrolysis) is 1. The van der Waals surface area contributed by atoms with E-state index >= 15 is 0 Å². The van der Waals surface area contributed by atoms with Crippen LogP contribution in [0.15, 0.2) is 24.3 Å². The molecule has 0 fully saturated rings. The molecule has 0 saturated carbocycles. The molecule has 200 valence electrons. The van der Waals surface area contributed by atoms with E-state index in [4.69, 9.17) is 20.8 Å². The zero-order valence-electron chi connectivity index (χ0n) is 22.8. The normalized spacial score (nSPS) is 13.4. The van der Waals surface area contributed by atoms with E-state index in [1.54, 1.807) is 37.6 Å². The molecular weight excluding hydrogens is 501 g/mol. The number of amides is 1. The van der Waals surface area contributed by atoms with Crippen LogP contribution >= 0.6 is 11.6 Å². The Labute approximate surface area is 219 Å². The maximum Gasteiger partial charge on any atom is 0.407 e. The quantitative estimate of drug-likeness (QED) is 0.273. The van der Waals surface area contributed by atoms with E-state index in [1.165, 1.54) is 19.1 Å². The molecule has 36 heavy (non-hydrogen) atoms. The van der Waals surface area contributed by atoms with Crippen LogP contribution in [0.2, 0.25) is 23.2 Å². The van der Waals surface area contributed by atoms with E-state index in [2.05, 4.69) is 44.3 Å². The van der Waals surface area contributed by atoms with Gasteiger partial charge in [0.15, 0.2) is 14.1 Å². The van der Waals surface area contributed by atoms with Crippen LogP contribution in [0, 0.1) is 5.82 Å². The van der Waals surface area contributed by atoms with Crippen molar-refractivity contribution in [2.24, 2.45) is 0 Å². The summed E-state index contributed by atoms with van der Waals surface area (Å²) in [5.74, 6) is -0.719. The number of rotatable bonds is 9. The first-order valence-corrected chi connectivity index (χ1v) is 15.4. The van der Waals surface area contributed by atoms with Crippen LogP contribution in [-0.2, 0) is 9.16 Å². The maximum atomic E-state index is 13.7. The fourth-order valence-corrected chi connectivity index (χ4v) is 4.47. The summed E-state index contributed by atoms with van der Waals surface area (Å²) in [4.78, 5) is 24.9. The highest BCUT2D eigenvalue weighted by Crippen LogP contribution is 2.37. The molecule has 0 spiro atoms. The van der Waals surface area contributed by atoms with Gasteiger partial charge in [0.1, 0.15) is 17.1 Å². The molecular formula is C26H39ClFN3O4Si. The van der Waals surface area contributed by atoms with Crippen LogP contribution in [0.3, 0.4) is 0 Å². The summed E-state index contributed by atoms with van der Waals surface area (Å²) in [7, 11) is -2.00. The summed E-state index contributed by atoms with van der Waals surface area (Å²) >= 11 is 5.97. The molecule has 0 bridgehead atoms. The summed E-state index contributed by atoms with van der Waals surface area (Å²) in [5, 5.41) is 7.48. The van der Waals surface area contributed by atoms with Gasteiger partial charge in [-0.2, -0.15) is 5.10 Å². The molecule has 2 rings (SSSR count). The van der Waals surface area contributed by atoms with Crippen molar-refractivity contribution in [2.75, 3.05) is 13.2 Å². The second-order valence-corrected chi connectivity index (χ2v) is 16.7. The van der Waals surface area contributed by atoms with E-state index in [-0.39, 0.29) is 28.4 Å². The van der Waals surface area contributed by atoms with Gasteiger partial charge >= 0.3 is 6.09 Å². The minimum absolute atomic E-state index is 0.0302. The Hall–Kier alpha value is -2.23. The van der Waals surface area contributed by atoms with Gasteiger partial charge in [0.25, 0.3) is 0 Å². The Kier molecular flexibility index (Phi) is 9.53. The van der Waals surface area contributed by atoms with Gasteiger partial charge in [-0.25, -0.2) is 9.18 Å². The molecule has 1 atom stereocenters. The monoisotopic (exact) mass is 539 g/mol. The van der Waals surface area contributed by atoms with E-state index in [0.29, 0.717) is 30.0 Å². The van der Waals surface area contributed by atoms with Crippen molar-refractivity contribution in [3.8, 4) is 11.3 Å². The Bertz CT molecular complexity index is 1090. The van der Waals surface area contributed by atoms with Gasteiger partial charge in [0.05, 0.1) is 16.8 Å². The topological polar surface area (TPSA) is 82.5 Å². The molecule has 0 aliphatic carbocycles. The molecule has 0 radical (unpaired) electrons. The zero-order valence-corrected chi connectivity index (χ0v) is 24.5. The largest absolute Gasteiger partial charge is 0.444 e. The summed E-state index contributed by atoms with van der Waals surface area (Å²) in [6, 6.07) is 5.57. The average Bonchev–Trinajstić information content (AvgIpc) is 3.16. The highest BCUT2D eigenvalue weighted by atomic mass is 35.5. The number of hydrogen-bond donors (Lipinski definition) is 1. The average molecular weight is 540 g/mol. The number of nitrogens with one attached hydrogen (secondary N) is 1. The lowest BCUT2D eigenvalue weighted by Gasteiger charge is -2.36. The highest BCUT2D eigenvalue weighted by Gasteiger charge is 2.37. The smallest absolute Gasteiger partial charge is 0.407 e. The second-order valence-electron chi connectivity index (χ2n) is 11.5. The zero-order chi connectivity index (χ0) is 27.5. The Morgan fingerprint density at radius 3 is 2.33 bits per heavy atom. The molecule has 0 aliphatic rings. The highest BCUT2D eigenvalue weighted by molar-refractivity contribution is 6.74. The van der Waals surface area contributed by atoms with Crippen LogP contribution in [-0.4, -0.2) is 48.7 Å². The molecule has 1 N–H and O–H groups in total. The third-order valence-electron chi connectivity index (χ3n) is 6.26. The lowest BCUT2D eigenvalue weighted by molar-refractivity contribution is 0.0516. The van der Waals surface area contributed by atoms with Crippen molar-refractivity contribution in [3.05, 3.63) is 40.8 Å². The number of ether oxygens (including phenoxy) is 1. The van der Waals surface area contributed by atoms with Crippen LogP contribution in [0.5, 0.6) is 0 Å². The first kappa shape index (κ1) is 30.0. The molecule has 1 heterocycles. The minimum atomic E-state index is -2.00. The van der Waals surface area contributed by atoms with Gasteiger partial charge in [0, 0.05) is 25.6 Å². The van der Waals surface area contributed by atoms with E-state index in [0.717, 1.165) is 0 Å². The van der Waals surface area contributed by atoms with Gasteiger partial charge < -0.3 is 14.5 Å². The molecule has 1 amide bonds. The molecule has 0 aliphatic heterocycles. The Morgan fingerprint density at radius 2 is 1.81 bits per heavy atom. The van der Waals surface area contributed by atoms with Crippen molar-refractivity contribution in [2.45, 2.75) is 84.7 Å². The van der Waals surface area contributed by atoms with Gasteiger partial charge in [-0.15, -0.1) is 0 Å². The van der Waals surface area contributed by atoms with Crippen molar-refractivity contribution in [1.29, 1.82) is 0 Å². The molecule has 0 saturated heterocycles. The fraction of sp³-hybridized carbons (Fsp3) is 0.577. The summed E-state index contributed by atoms with van der Waals surface area (Å²) in [5.41, 5.74) is 0.790. The molecule has 1 unspecified atom stereocenters. The maximum absolute atomic E-state index is 13.7. The third-order valence-corrected chi connectivity index (χ3v) is 11.1. The van der Waals surface area contributed by atoms with Gasteiger partial charge in [0.2, 0.25) is 0 Å². The summed E-state index contributed by atoms with van der Waals surface area (Å²) in [6.07, 6.45) is -0.0478. The van der Waals surface area contributed by atoms with E-state index < -0.39 is 25.8 Å². The van der Waals surface area contributed by atoms with Crippen LogP contribution in [0.1, 0.15) is 71.4 Å². The Morgan fingerprint density at radius 1 is 1.17 bits per heavy atom. The van der Waals surface area contributed by atoms with Crippen molar-refractivity contribution >= 4 is 31.8 Å². The number of carbonyl (C=O) groups excluding carboxylic acids is 2. The first-order valence-electron chi connectivity index (χ1n) is 12.1. The molecule has 10 heteroatoms. The number of hydrogen-bond acceptors (Lipinski definition) is 5. The number of carbonyl (C=O) groups is 2. The van der Waals surface area contributed by atoms with Crippen LogP contribution < -0.4 is 5.32 Å². The SMILES string of the molecule is CC(=O)c1cc(-c2ccc(F)c(Cl)c2)nn1C(CCO[Si](C)(C)C(C)(C)C)CNC(=O)OC(C)(C)C. The number of nitrogens with zero attached hydrogens (tertiary/aromatic N) is 2. The summed E-state index contributed by atoms with van der Waals surface area (Å²) in [6.45, 7) is 18.3. The minimum Gasteiger partial charge on any atom is -0.444 e. The van der Waals surface area contributed by atoms with Gasteiger partial charge in [-0.1, -0.05) is 32.4 Å². The molecule has 1 aromatic carbocycles. The summed E-state index contributed by atoms with van der Waals surface area (Å²) < 4.78 is 27.1. The Balaban J connectivity index is 2.38. The second kappa shape index (κ2) is 11.4. The third kappa shape index (κ3) is 8.14. The predicted molar refractivity (Wildman–Crippen MR) is 144 cm³/mol.